The van der Waals surface area contributed by atoms with Crippen LogP contribution >= 0.6 is 15.9 Å². The summed E-state index contributed by atoms with van der Waals surface area (Å²) in [7, 11) is 2.24. The van der Waals surface area contributed by atoms with Crippen LogP contribution < -0.4 is 0 Å². The Labute approximate surface area is 110 Å². The Morgan fingerprint density at radius 1 is 1.47 bits per heavy atom. The number of likely N-dealkylation sites (tertiary alicyclic amines) is 1. The van der Waals surface area contributed by atoms with Gasteiger partial charge in [-0.2, -0.15) is 0 Å². The molecule has 0 bridgehead atoms. The molecule has 0 radical (unpaired) electrons. The molecule has 1 aromatic carbocycles. The van der Waals surface area contributed by atoms with Crippen LogP contribution in [-0.4, -0.2) is 29.5 Å². The summed E-state index contributed by atoms with van der Waals surface area (Å²) >= 11 is 3.55. The molecule has 0 aliphatic carbocycles. The second-order valence-electron chi connectivity index (χ2n) is 4.98. The maximum absolute atomic E-state index is 3.55. The standard InChI is InChI=1S/C14H17BrN2/c1-17-6-2-3-12(17)7-10-9-16-14-5-4-11(15)8-13(10)14/h4-5,8-9,12,16H,2-3,6-7H2,1H3/t12-/m0/s1. The highest BCUT2D eigenvalue weighted by molar-refractivity contribution is 9.10. The predicted octanol–water partition coefficient (Wildman–Crippen LogP) is 3.57. The van der Waals surface area contributed by atoms with Gasteiger partial charge in [0.2, 0.25) is 0 Å². The highest BCUT2D eigenvalue weighted by Gasteiger charge is 2.21. The fourth-order valence-corrected chi connectivity index (χ4v) is 3.17. The molecule has 0 saturated carbocycles. The van der Waals surface area contributed by atoms with Crippen LogP contribution in [0.15, 0.2) is 28.9 Å². The SMILES string of the molecule is CN1CCC[C@H]1Cc1c[nH]c2ccc(Br)cc12. The quantitative estimate of drug-likeness (QED) is 0.897. The van der Waals surface area contributed by atoms with Crippen molar-refractivity contribution in [2.75, 3.05) is 13.6 Å². The molecule has 1 fully saturated rings. The van der Waals surface area contributed by atoms with Gasteiger partial charge in [-0.3, -0.25) is 0 Å². The van der Waals surface area contributed by atoms with E-state index in [0.29, 0.717) is 6.04 Å². The molecular formula is C14H17BrN2. The molecule has 3 heteroatoms. The van der Waals surface area contributed by atoms with Crippen LogP contribution in [-0.2, 0) is 6.42 Å². The van der Waals surface area contributed by atoms with E-state index in [1.807, 2.05) is 0 Å². The Morgan fingerprint density at radius 3 is 3.12 bits per heavy atom. The molecule has 1 aliphatic rings. The van der Waals surface area contributed by atoms with Crippen molar-refractivity contribution >= 4 is 26.8 Å². The lowest BCUT2D eigenvalue weighted by molar-refractivity contribution is 0.310. The average molecular weight is 293 g/mol. The van der Waals surface area contributed by atoms with E-state index in [0.717, 1.165) is 10.9 Å². The molecule has 1 aliphatic heterocycles. The topological polar surface area (TPSA) is 19.0 Å². The number of fused-ring (bicyclic) bond motifs is 1. The van der Waals surface area contributed by atoms with Crippen molar-refractivity contribution in [3.8, 4) is 0 Å². The molecule has 3 rings (SSSR count). The van der Waals surface area contributed by atoms with Crippen LogP contribution in [0.2, 0.25) is 0 Å². The normalized spacial score (nSPS) is 21.4. The average Bonchev–Trinajstić information content (AvgIpc) is 2.88. The van der Waals surface area contributed by atoms with Gasteiger partial charge < -0.3 is 9.88 Å². The monoisotopic (exact) mass is 292 g/mol. The number of hydrogen-bond donors (Lipinski definition) is 1. The van der Waals surface area contributed by atoms with Crippen LogP contribution in [0.4, 0.5) is 0 Å². The van der Waals surface area contributed by atoms with Crippen molar-refractivity contribution < 1.29 is 0 Å². The number of nitrogens with zero attached hydrogens (tertiary/aromatic N) is 1. The van der Waals surface area contributed by atoms with E-state index in [9.17, 15) is 0 Å². The van der Waals surface area contributed by atoms with Gasteiger partial charge in [-0.05, 0) is 56.6 Å². The van der Waals surface area contributed by atoms with Gasteiger partial charge >= 0.3 is 0 Å². The van der Waals surface area contributed by atoms with Crippen molar-refractivity contribution in [2.24, 2.45) is 0 Å². The summed E-state index contributed by atoms with van der Waals surface area (Å²) in [6, 6.07) is 7.16. The summed E-state index contributed by atoms with van der Waals surface area (Å²) in [4.78, 5) is 5.85. The molecule has 2 aromatic rings. The van der Waals surface area contributed by atoms with Gasteiger partial charge in [-0.15, -0.1) is 0 Å². The van der Waals surface area contributed by atoms with Gasteiger partial charge in [0.05, 0.1) is 0 Å². The van der Waals surface area contributed by atoms with Crippen LogP contribution in [0, 0.1) is 0 Å². The Morgan fingerprint density at radius 2 is 2.35 bits per heavy atom. The number of H-pyrrole nitrogens is 1. The molecule has 90 valence electrons. The van der Waals surface area contributed by atoms with Gasteiger partial charge in [-0.1, -0.05) is 15.9 Å². The number of nitrogens with one attached hydrogen (secondary N) is 1. The van der Waals surface area contributed by atoms with E-state index >= 15 is 0 Å². The summed E-state index contributed by atoms with van der Waals surface area (Å²) in [5.74, 6) is 0. The minimum absolute atomic E-state index is 0.716. The number of rotatable bonds is 2. The van der Waals surface area contributed by atoms with Crippen molar-refractivity contribution in [1.82, 2.24) is 9.88 Å². The van der Waals surface area contributed by atoms with E-state index < -0.39 is 0 Å². The van der Waals surface area contributed by atoms with Crippen molar-refractivity contribution in [1.29, 1.82) is 0 Å². The summed E-state index contributed by atoms with van der Waals surface area (Å²) in [5, 5.41) is 1.36. The molecule has 0 amide bonds. The van der Waals surface area contributed by atoms with Gasteiger partial charge in [0.15, 0.2) is 0 Å². The second kappa shape index (κ2) is 4.46. The van der Waals surface area contributed by atoms with Crippen molar-refractivity contribution in [2.45, 2.75) is 25.3 Å². The van der Waals surface area contributed by atoms with Crippen molar-refractivity contribution in [3.63, 3.8) is 0 Å². The Hall–Kier alpha value is -0.800. The van der Waals surface area contributed by atoms with Gasteiger partial charge in [0.1, 0.15) is 0 Å². The van der Waals surface area contributed by atoms with E-state index in [1.165, 1.54) is 35.9 Å². The third-order valence-corrected chi connectivity index (χ3v) is 4.35. The summed E-state index contributed by atoms with van der Waals surface area (Å²) < 4.78 is 1.16. The Bertz CT molecular complexity index is 532. The lowest BCUT2D eigenvalue weighted by Crippen LogP contribution is -2.26. The highest BCUT2D eigenvalue weighted by Crippen LogP contribution is 2.26. The Balaban J connectivity index is 1.92. The van der Waals surface area contributed by atoms with Crippen LogP contribution in [0.1, 0.15) is 18.4 Å². The fourth-order valence-electron chi connectivity index (χ4n) is 2.81. The predicted molar refractivity (Wildman–Crippen MR) is 75.4 cm³/mol. The molecule has 0 spiro atoms. The zero-order valence-electron chi connectivity index (χ0n) is 10.0. The van der Waals surface area contributed by atoms with E-state index in [1.54, 1.807) is 0 Å². The molecule has 17 heavy (non-hydrogen) atoms. The first-order valence-electron chi connectivity index (χ1n) is 6.20. The van der Waals surface area contributed by atoms with Crippen LogP contribution in [0.25, 0.3) is 10.9 Å². The largest absolute Gasteiger partial charge is 0.361 e. The van der Waals surface area contributed by atoms with Gasteiger partial charge in [-0.25, -0.2) is 0 Å². The molecule has 1 atom stereocenters. The number of aromatic nitrogens is 1. The first-order chi connectivity index (χ1) is 8.24. The number of likely N-dealkylation sites (N-methyl/N-ethyl adjacent to an activating group) is 1. The summed E-state index contributed by atoms with van der Waals surface area (Å²) in [6.45, 7) is 1.25. The number of halogens is 1. The number of hydrogen-bond acceptors (Lipinski definition) is 1. The maximum atomic E-state index is 3.55. The minimum Gasteiger partial charge on any atom is -0.361 e. The Kier molecular flexibility index (Phi) is 2.97. The molecular weight excluding hydrogens is 276 g/mol. The number of aromatic amines is 1. The fraction of sp³-hybridized carbons (Fsp3) is 0.429. The van der Waals surface area contributed by atoms with Crippen LogP contribution in [0.5, 0.6) is 0 Å². The first kappa shape index (κ1) is 11.3. The summed E-state index contributed by atoms with van der Waals surface area (Å²) in [5.41, 5.74) is 2.68. The van der Waals surface area contributed by atoms with E-state index in [2.05, 4.69) is 57.3 Å². The molecule has 2 nitrogen and oxygen atoms in total. The smallest absolute Gasteiger partial charge is 0.0457 e. The minimum atomic E-state index is 0.716. The van der Waals surface area contributed by atoms with E-state index in [4.69, 9.17) is 0 Å². The van der Waals surface area contributed by atoms with E-state index in [-0.39, 0.29) is 0 Å². The van der Waals surface area contributed by atoms with Gasteiger partial charge in [0, 0.05) is 27.6 Å². The van der Waals surface area contributed by atoms with Crippen LogP contribution in [0.3, 0.4) is 0 Å². The maximum Gasteiger partial charge on any atom is 0.0457 e. The number of benzene rings is 1. The third kappa shape index (κ3) is 2.14. The van der Waals surface area contributed by atoms with Gasteiger partial charge in [0.25, 0.3) is 0 Å². The van der Waals surface area contributed by atoms with Crippen molar-refractivity contribution in [3.05, 3.63) is 34.4 Å². The molecule has 1 aromatic heterocycles. The molecule has 0 unspecified atom stereocenters. The highest BCUT2D eigenvalue weighted by atomic mass is 79.9. The second-order valence-corrected chi connectivity index (χ2v) is 5.90. The third-order valence-electron chi connectivity index (χ3n) is 3.86. The zero-order chi connectivity index (χ0) is 11.8. The molecule has 2 heterocycles. The molecule has 1 saturated heterocycles. The lowest BCUT2D eigenvalue weighted by Gasteiger charge is -2.18. The zero-order valence-corrected chi connectivity index (χ0v) is 11.6. The first-order valence-corrected chi connectivity index (χ1v) is 6.99. The summed E-state index contributed by atoms with van der Waals surface area (Å²) in [6.07, 6.45) is 6.00. The lowest BCUT2D eigenvalue weighted by atomic mass is 10.0. The molecule has 1 N–H and O–H groups in total.